The second kappa shape index (κ2) is 7.63. The molecule has 0 saturated carbocycles. The van der Waals surface area contributed by atoms with E-state index in [1.165, 1.54) is 18.0 Å². The van der Waals surface area contributed by atoms with Gasteiger partial charge in [-0.05, 0) is 31.5 Å². The molecule has 1 aliphatic rings. The van der Waals surface area contributed by atoms with Crippen molar-refractivity contribution in [3.63, 3.8) is 0 Å². The minimum atomic E-state index is -0.414. The number of carbonyl (C=O) groups excluding carboxylic acids is 2. The number of amides is 1. The summed E-state index contributed by atoms with van der Waals surface area (Å²) < 4.78 is 5.38. The third-order valence-electron chi connectivity index (χ3n) is 4.27. The standard InChI is InChI=1S/C20H18N2O3S/c1-12-5-6-14(13(2)8-12)17(23)11-26-20-16(10-21)15(9-19(24)22-20)18-4-3-7-25-18/h3-8,15H,9,11H2,1-2H3,(H,22,24)/t15-/m0/s1. The van der Waals surface area contributed by atoms with E-state index in [9.17, 15) is 14.9 Å². The van der Waals surface area contributed by atoms with Crippen LogP contribution >= 0.6 is 11.8 Å². The molecule has 3 rings (SSSR count). The molecule has 1 N–H and O–H groups in total. The molecule has 1 aromatic carbocycles. The zero-order chi connectivity index (χ0) is 18.7. The first-order chi connectivity index (χ1) is 12.5. The monoisotopic (exact) mass is 366 g/mol. The van der Waals surface area contributed by atoms with Crippen LogP contribution in [0, 0.1) is 25.2 Å². The van der Waals surface area contributed by atoms with Crippen LogP contribution in [0.3, 0.4) is 0 Å². The largest absolute Gasteiger partial charge is 0.469 e. The number of hydrogen-bond acceptors (Lipinski definition) is 5. The zero-order valence-corrected chi connectivity index (χ0v) is 15.4. The molecule has 0 unspecified atom stereocenters. The molecule has 2 aromatic rings. The van der Waals surface area contributed by atoms with Crippen LogP contribution in [0.1, 0.15) is 39.6 Å². The van der Waals surface area contributed by atoms with E-state index >= 15 is 0 Å². The van der Waals surface area contributed by atoms with Crippen LogP contribution in [0.25, 0.3) is 0 Å². The topological polar surface area (TPSA) is 83.1 Å². The van der Waals surface area contributed by atoms with Gasteiger partial charge in [-0.3, -0.25) is 9.59 Å². The van der Waals surface area contributed by atoms with Crippen LogP contribution in [0.5, 0.6) is 0 Å². The summed E-state index contributed by atoms with van der Waals surface area (Å²) in [7, 11) is 0. The van der Waals surface area contributed by atoms with Gasteiger partial charge in [0.15, 0.2) is 5.78 Å². The molecule has 0 radical (unpaired) electrons. The summed E-state index contributed by atoms with van der Waals surface area (Å²) in [5, 5.41) is 12.7. The van der Waals surface area contributed by atoms with Gasteiger partial charge in [0.25, 0.3) is 0 Å². The van der Waals surface area contributed by atoms with Gasteiger partial charge in [0, 0.05) is 12.0 Å². The zero-order valence-electron chi connectivity index (χ0n) is 14.5. The maximum Gasteiger partial charge on any atom is 0.225 e. The molecular weight excluding hydrogens is 348 g/mol. The predicted molar refractivity (Wildman–Crippen MR) is 99.6 cm³/mol. The predicted octanol–water partition coefficient (Wildman–Crippen LogP) is 3.85. The second-order valence-corrected chi connectivity index (χ2v) is 7.19. The summed E-state index contributed by atoms with van der Waals surface area (Å²) >= 11 is 1.18. The highest BCUT2D eigenvalue weighted by Gasteiger charge is 2.31. The molecule has 6 heteroatoms. The van der Waals surface area contributed by atoms with E-state index in [0.29, 0.717) is 21.9 Å². The average molecular weight is 366 g/mol. The molecule has 0 aliphatic carbocycles. The van der Waals surface area contributed by atoms with Crippen LogP contribution in [-0.4, -0.2) is 17.4 Å². The van der Waals surface area contributed by atoms with Crippen LogP contribution in [-0.2, 0) is 4.79 Å². The van der Waals surface area contributed by atoms with Crippen LogP contribution in [0.15, 0.2) is 51.6 Å². The third-order valence-corrected chi connectivity index (χ3v) is 5.29. The number of nitrogens with zero attached hydrogens (tertiary/aromatic N) is 1. The Kier molecular flexibility index (Phi) is 5.29. The lowest BCUT2D eigenvalue weighted by atomic mass is 9.92. The Morgan fingerprint density at radius 1 is 1.38 bits per heavy atom. The van der Waals surface area contributed by atoms with E-state index in [0.717, 1.165) is 11.1 Å². The van der Waals surface area contributed by atoms with Gasteiger partial charge in [-0.25, -0.2) is 0 Å². The molecule has 2 heterocycles. The number of carbonyl (C=O) groups is 2. The first kappa shape index (κ1) is 18.0. The Labute approximate surface area is 156 Å². The molecule has 1 aromatic heterocycles. The fourth-order valence-electron chi connectivity index (χ4n) is 3.01. The van der Waals surface area contributed by atoms with E-state index in [1.807, 2.05) is 32.0 Å². The van der Waals surface area contributed by atoms with Crippen molar-refractivity contribution in [3.8, 4) is 6.07 Å². The van der Waals surface area contributed by atoms with Crippen molar-refractivity contribution < 1.29 is 14.0 Å². The Morgan fingerprint density at radius 3 is 2.85 bits per heavy atom. The number of benzene rings is 1. The number of ketones is 1. The third kappa shape index (κ3) is 3.73. The lowest BCUT2D eigenvalue weighted by Crippen LogP contribution is -2.31. The summed E-state index contributed by atoms with van der Waals surface area (Å²) in [6.45, 7) is 3.88. The normalized spacial score (nSPS) is 17.0. The summed E-state index contributed by atoms with van der Waals surface area (Å²) in [6, 6.07) is 11.3. The number of nitrogens with one attached hydrogen (secondary N) is 1. The summed E-state index contributed by atoms with van der Waals surface area (Å²) in [6.07, 6.45) is 1.68. The highest BCUT2D eigenvalue weighted by molar-refractivity contribution is 8.03. The van der Waals surface area contributed by atoms with E-state index in [4.69, 9.17) is 4.42 Å². The Balaban J connectivity index is 1.81. The van der Waals surface area contributed by atoms with Crippen molar-refractivity contribution in [1.29, 1.82) is 5.26 Å². The highest BCUT2D eigenvalue weighted by Crippen LogP contribution is 2.36. The summed E-state index contributed by atoms with van der Waals surface area (Å²) in [4.78, 5) is 24.6. The highest BCUT2D eigenvalue weighted by atomic mass is 32.2. The number of aryl methyl sites for hydroxylation is 2. The molecule has 1 amide bonds. The Hall–Kier alpha value is -2.78. The first-order valence-corrected chi connectivity index (χ1v) is 9.19. The van der Waals surface area contributed by atoms with Gasteiger partial charge in [-0.2, -0.15) is 5.26 Å². The van der Waals surface area contributed by atoms with Crippen molar-refractivity contribution in [2.45, 2.75) is 26.2 Å². The fraction of sp³-hybridized carbons (Fsp3) is 0.250. The molecule has 5 nitrogen and oxygen atoms in total. The Morgan fingerprint density at radius 2 is 2.19 bits per heavy atom. The minimum Gasteiger partial charge on any atom is -0.469 e. The molecule has 1 aliphatic heterocycles. The van der Waals surface area contributed by atoms with Gasteiger partial charge >= 0.3 is 0 Å². The maximum absolute atomic E-state index is 12.5. The van der Waals surface area contributed by atoms with Crippen molar-refractivity contribution in [1.82, 2.24) is 5.32 Å². The van der Waals surface area contributed by atoms with Crippen LogP contribution in [0.2, 0.25) is 0 Å². The van der Waals surface area contributed by atoms with Crippen LogP contribution < -0.4 is 5.32 Å². The van der Waals surface area contributed by atoms with E-state index in [1.54, 1.807) is 12.1 Å². The summed E-state index contributed by atoms with van der Waals surface area (Å²) in [5.41, 5.74) is 3.11. The fourth-order valence-corrected chi connectivity index (χ4v) is 3.97. The number of furan rings is 1. The maximum atomic E-state index is 12.5. The van der Waals surface area contributed by atoms with Gasteiger partial charge in [0.05, 0.1) is 34.6 Å². The molecule has 1 atom stereocenters. The number of nitriles is 1. The lowest BCUT2D eigenvalue weighted by molar-refractivity contribution is -0.120. The Bertz CT molecular complexity index is 923. The number of Topliss-reactive ketones (excluding diaryl/α,β-unsaturated/α-hetero) is 1. The number of rotatable bonds is 5. The molecule has 0 fully saturated rings. The molecule has 26 heavy (non-hydrogen) atoms. The molecule has 0 saturated heterocycles. The van der Waals surface area contributed by atoms with Gasteiger partial charge in [-0.1, -0.05) is 35.5 Å². The second-order valence-electron chi connectivity index (χ2n) is 6.21. The van der Waals surface area contributed by atoms with Crippen molar-refractivity contribution in [2.24, 2.45) is 0 Å². The van der Waals surface area contributed by atoms with Gasteiger partial charge < -0.3 is 9.73 Å². The lowest BCUT2D eigenvalue weighted by Gasteiger charge is -2.23. The van der Waals surface area contributed by atoms with E-state index in [-0.39, 0.29) is 23.9 Å². The van der Waals surface area contributed by atoms with Crippen molar-refractivity contribution >= 4 is 23.5 Å². The van der Waals surface area contributed by atoms with Crippen molar-refractivity contribution in [3.05, 3.63) is 69.6 Å². The first-order valence-electron chi connectivity index (χ1n) is 8.20. The molecule has 0 spiro atoms. The smallest absolute Gasteiger partial charge is 0.225 e. The van der Waals surface area contributed by atoms with Crippen molar-refractivity contribution in [2.75, 3.05) is 5.75 Å². The average Bonchev–Trinajstić information content (AvgIpc) is 3.13. The van der Waals surface area contributed by atoms with Gasteiger partial charge in [-0.15, -0.1) is 0 Å². The quantitative estimate of drug-likeness (QED) is 0.813. The molecule has 132 valence electrons. The number of allylic oxidation sites excluding steroid dienone is 1. The number of thioether (sulfide) groups is 1. The molecule has 0 bridgehead atoms. The van der Waals surface area contributed by atoms with E-state index < -0.39 is 5.92 Å². The van der Waals surface area contributed by atoms with Gasteiger partial charge in [0.2, 0.25) is 5.91 Å². The number of hydrogen-bond donors (Lipinski definition) is 1. The van der Waals surface area contributed by atoms with Gasteiger partial charge in [0.1, 0.15) is 5.76 Å². The van der Waals surface area contributed by atoms with Crippen LogP contribution in [0.4, 0.5) is 0 Å². The SMILES string of the molecule is Cc1ccc(C(=O)CSC2=C(C#N)[C@@H](c3ccco3)CC(=O)N2)c(C)c1. The summed E-state index contributed by atoms with van der Waals surface area (Å²) in [5.74, 6) is 0.0893. The molecular formula is C20H18N2O3S. The minimum absolute atomic E-state index is 0.0355. The van der Waals surface area contributed by atoms with E-state index in [2.05, 4.69) is 11.4 Å².